The van der Waals surface area contributed by atoms with Crippen LogP contribution in [0.1, 0.15) is 18.4 Å². The molecule has 2 fully saturated rings. The molecule has 2 saturated heterocycles. The van der Waals surface area contributed by atoms with Crippen molar-refractivity contribution in [3.63, 3.8) is 0 Å². The van der Waals surface area contributed by atoms with Gasteiger partial charge in [0, 0.05) is 0 Å². The molecule has 2 atom stereocenters. The lowest BCUT2D eigenvalue weighted by Gasteiger charge is -2.34. The molecule has 4 heteroatoms. The zero-order valence-electron chi connectivity index (χ0n) is 10.4. The third-order valence-electron chi connectivity index (χ3n) is 4.07. The number of morpholine rings is 1. The molecule has 0 amide bonds. The van der Waals surface area contributed by atoms with E-state index >= 15 is 0 Å². The summed E-state index contributed by atoms with van der Waals surface area (Å²) in [7, 11) is 0. The van der Waals surface area contributed by atoms with Crippen molar-refractivity contribution in [2.75, 3.05) is 18.1 Å². The SMILES string of the molecule is Cc1cccc2sc(N3C4CCC3COC4)nc12. The maximum Gasteiger partial charge on any atom is 0.187 e. The van der Waals surface area contributed by atoms with Gasteiger partial charge in [0.1, 0.15) is 0 Å². The molecule has 4 rings (SSSR count). The molecule has 2 aliphatic heterocycles. The molecule has 0 aliphatic carbocycles. The highest BCUT2D eigenvalue weighted by atomic mass is 32.1. The number of thiazole rings is 1. The van der Waals surface area contributed by atoms with Gasteiger partial charge in [-0.3, -0.25) is 0 Å². The van der Waals surface area contributed by atoms with Crippen LogP contribution in [0.25, 0.3) is 10.2 Å². The molecule has 1 aromatic carbocycles. The van der Waals surface area contributed by atoms with Crippen LogP contribution in [0.5, 0.6) is 0 Å². The van der Waals surface area contributed by atoms with Gasteiger partial charge in [-0.2, -0.15) is 0 Å². The van der Waals surface area contributed by atoms with Gasteiger partial charge in [0.2, 0.25) is 0 Å². The van der Waals surface area contributed by atoms with Crippen LogP contribution in [0.3, 0.4) is 0 Å². The predicted molar refractivity (Wildman–Crippen MR) is 74.5 cm³/mol. The molecule has 0 spiro atoms. The second-order valence-corrected chi connectivity index (χ2v) is 6.26. The Balaban J connectivity index is 1.81. The first-order chi connectivity index (χ1) is 8.83. The van der Waals surface area contributed by atoms with E-state index in [1.54, 1.807) is 0 Å². The fourth-order valence-corrected chi connectivity index (χ4v) is 4.31. The molecule has 18 heavy (non-hydrogen) atoms. The second-order valence-electron chi connectivity index (χ2n) is 5.25. The first-order valence-electron chi connectivity index (χ1n) is 6.55. The molecule has 0 N–H and O–H groups in total. The van der Waals surface area contributed by atoms with E-state index in [1.807, 2.05) is 11.3 Å². The normalized spacial score (nSPS) is 27.1. The van der Waals surface area contributed by atoms with Crippen LogP contribution < -0.4 is 4.90 Å². The Labute approximate surface area is 110 Å². The first kappa shape index (κ1) is 10.8. The fraction of sp³-hybridized carbons (Fsp3) is 0.500. The summed E-state index contributed by atoms with van der Waals surface area (Å²) in [5, 5.41) is 1.19. The van der Waals surface area contributed by atoms with Gasteiger partial charge in [0.15, 0.2) is 5.13 Å². The largest absolute Gasteiger partial charge is 0.377 e. The quantitative estimate of drug-likeness (QED) is 0.788. The first-order valence-corrected chi connectivity index (χ1v) is 7.37. The summed E-state index contributed by atoms with van der Waals surface area (Å²) in [5.74, 6) is 0. The minimum atomic E-state index is 0.546. The number of benzene rings is 1. The molecular weight excluding hydrogens is 244 g/mol. The number of fused-ring (bicyclic) bond motifs is 3. The van der Waals surface area contributed by atoms with Gasteiger partial charge >= 0.3 is 0 Å². The topological polar surface area (TPSA) is 25.4 Å². The summed E-state index contributed by atoms with van der Waals surface area (Å²) in [4.78, 5) is 7.37. The van der Waals surface area contributed by atoms with Gasteiger partial charge in [-0.1, -0.05) is 23.5 Å². The van der Waals surface area contributed by atoms with E-state index in [1.165, 1.54) is 33.8 Å². The third kappa shape index (κ3) is 1.49. The van der Waals surface area contributed by atoms with E-state index in [0.717, 1.165) is 13.2 Å². The minimum Gasteiger partial charge on any atom is -0.377 e. The van der Waals surface area contributed by atoms with E-state index < -0.39 is 0 Å². The van der Waals surface area contributed by atoms with E-state index in [0.29, 0.717) is 12.1 Å². The number of aromatic nitrogens is 1. The van der Waals surface area contributed by atoms with Crippen LogP contribution in [0.2, 0.25) is 0 Å². The average molecular weight is 260 g/mol. The minimum absolute atomic E-state index is 0.546. The van der Waals surface area contributed by atoms with Crippen LogP contribution in [-0.2, 0) is 4.74 Å². The molecule has 2 aromatic rings. The Hall–Kier alpha value is -1.13. The van der Waals surface area contributed by atoms with E-state index in [4.69, 9.17) is 9.72 Å². The number of anilines is 1. The van der Waals surface area contributed by atoms with Crippen molar-refractivity contribution in [2.45, 2.75) is 31.8 Å². The summed E-state index contributed by atoms with van der Waals surface area (Å²) >= 11 is 1.82. The Morgan fingerprint density at radius 1 is 1.28 bits per heavy atom. The van der Waals surface area contributed by atoms with Gasteiger partial charge in [0.05, 0.1) is 35.5 Å². The van der Waals surface area contributed by atoms with E-state index in [-0.39, 0.29) is 0 Å². The average Bonchev–Trinajstić information content (AvgIpc) is 2.89. The van der Waals surface area contributed by atoms with Gasteiger partial charge < -0.3 is 9.64 Å². The van der Waals surface area contributed by atoms with Crippen LogP contribution in [0.15, 0.2) is 18.2 Å². The Bertz CT molecular complexity index is 578. The van der Waals surface area contributed by atoms with Crippen LogP contribution in [-0.4, -0.2) is 30.3 Å². The van der Waals surface area contributed by atoms with Crippen molar-refractivity contribution in [1.29, 1.82) is 0 Å². The highest BCUT2D eigenvalue weighted by Gasteiger charge is 2.38. The Morgan fingerprint density at radius 2 is 2.06 bits per heavy atom. The maximum absolute atomic E-state index is 5.64. The van der Waals surface area contributed by atoms with Crippen LogP contribution in [0.4, 0.5) is 5.13 Å². The lowest BCUT2D eigenvalue weighted by molar-refractivity contribution is 0.0906. The molecule has 1 aromatic heterocycles. The van der Waals surface area contributed by atoms with Crippen LogP contribution >= 0.6 is 11.3 Å². The van der Waals surface area contributed by atoms with Crippen molar-refractivity contribution in [2.24, 2.45) is 0 Å². The summed E-state index contributed by atoms with van der Waals surface area (Å²) in [5.41, 5.74) is 2.44. The number of ether oxygens (including phenoxy) is 1. The standard InChI is InChI=1S/C14H16N2OS/c1-9-3-2-4-12-13(9)15-14(18-12)16-10-5-6-11(16)8-17-7-10/h2-4,10-11H,5-8H2,1H3. The van der Waals surface area contributed by atoms with Gasteiger partial charge in [-0.05, 0) is 31.4 Å². The van der Waals surface area contributed by atoms with E-state index in [9.17, 15) is 0 Å². The smallest absolute Gasteiger partial charge is 0.187 e. The number of nitrogens with zero attached hydrogens (tertiary/aromatic N) is 2. The Kier molecular flexibility index (Phi) is 2.35. The number of rotatable bonds is 1. The lowest BCUT2D eigenvalue weighted by Crippen LogP contribution is -2.45. The monoisotopic (exact) mass is 260 g/mol. The molecular formula is C14H16N2OS. The van der Waals surface area contributed by atoms with Crippen molar-refractivity contribution in [3.05, 3.63) is 23.8 Å². The molecule has 3 heterocycles. The molecule has 0 saturated carbocycles. The fourth-order valence-electron chi connectivity index (χ4n) is 3.13. The highest BCUT2D eigenvalue weighted by molar-refractivity contribution is 7.22. The van der Waals surface area contributed by atoms with Gasteiger partial charge in [-0.25, -0.2) is 4.98 Å². The van der Waals surface area contributed by atoms with Crippen LogP contribution in [0, 0.1) is 6.92 Å². The zero-order valence-corrected chi connectivity index (χ0v) is 11.2. The number of hydrogen-bond donors (Lipinski definition) is 0. The van der Waals surface area contributed by atoms with Gasteiger partial charge in [-0.15, -0.1) is 0 Å². The zero-order chi connectivity index (χ0) is 12.1. The molecule has 3 nitrogen and oxygen atoms in total. The maximum atomic E-state index is 5.64. The summed E-state index contributed by atoms with van der Waals surface area (Å²) < 4.78 is 6.94. The molecule has 2 unspecified atom stereocenters. The van der Waals surface area contributed by atoms with Crippen molar-refractivity contribution in [1.82, 2.24) is 4.98 Å². The third-order valence-corrected chi connectivity index (χ3v) is 5.10. The number of para-hydroxylation sites is 1. The molecule has 94 valence electrons. The summed E-state index contributed by atoms with van der Waals surface area (Å²) in [6.45, 7) is 3.87. The van der Waals surface area contributed by atoms with Gasteiger partial charge in [0.25, 0.3) is 0 Å². The molecule has 2 aliphatic rings. The van der Waals surface area contributed by atoms with E-state index in [2.05, 4.69) is 30.0 Å². The molecule has 0 radical (unpaired) electrons. The number of hydrogen-bond acceptors (Lipinski definition) is 4. The lowest BCUT2D eigenvalue weighted by atomic mass is 10.2. The highest BCUT2D eigenvalue weighted by Crippen LogP contribution is 2.38. The number of aryl methyl sites for hydroxylation is 1. The second kappa shape index (κ2) is 3.93. The van der Waals surface area contributed by atoms with Crippen molar-refractivity contribution >= 4 is 26.7 Å². The molecule has 2 bridgehead atoms. The Morgan fingerprint density at radius 3 is 2.78 bits per heavy atom. The van der Waals surface area contributed by atoms with Crippen molar-refractivity contribution < 1.29 is 4.74 Å². The summed E-state index contributed by atoms with van der Waals surface area (Å²) in [6.07, 6.45) is 2.50. The van der Waals surface area contributed by atoms with Crippen molar-refractivity contribution in [3.8, 4) is 0 Å². The predicted octanol–water partition coefficient (Wildman–Crippen LogP) is 2.97. The summed E-state index contributed by atoms with van der Waals surface area (Å²) in [6, 6.07) is 7.52.